The molecule has 0 spiro atoms. The third kappa shape index (κ3) is 6.38. The van der Waals surface area contributed by atoms with Crippen molar-refractivity contribution in [3.8, 4) is 0 Å². The number of rotatable bonds is 7. The molecular formula is C10H22NO+. The molecule has 0 aliphatic rings. The van der Waals surface area contributed by atoms with Crippen LogP contribution in [0.1, 0.15) is 19.8 Å². The minimum absolute atomic E-state index is 0.784. The van der Waals surface area contributed by atoms with E-state index >= 15 is 0 Å². The Hall–Kier alpha value is -0.340. The summed E-state index contributed by atoms with van der Waals surface area (Å²) in [5, 5.41) is 0. The summed E-state index contributed by atoms with van der Waals surface area (Å²) in [5.41, 5.74) is 0. The molecule has 0 aromatic rings. The molecule has 0 aromatic carbocycles. The second-order valence-corrected chi connectivity index (χ2v) is 3.80. The number of hydrogen-bond acceptors (Lipinski definition) is 1. The van der Waals surface area contributed by atoms with E-state index in [1.807, 2.05) is 6.08 Å². The molecule has 0 aliphatic carbocycles. The number of ether oxygens (including phenoxy) is 1. The van der Waals surface area contributed by atoms with Crippen LogP contribution >= 0.6 is 0 Å². The minimum atomic E-state index is 0.784. The van der Waals surface area contributed by atoms with E-state index in [1.165, 1.54) is 6.42 Å². The number of unbranched alkanes of at least 4 members (excludes halogenated alkanes) is 1. The van der Waals surface area contributed by atoms with Crippen molar-refractivity contribution in [3.63, 3.8) is 0 Å². The van der Waals surface area contributed by atoms with Gasteiger partial charge in [0, 0.05) is 0 Å². The van der Waals surface area contributed by atoms with Crippen LogP contribution < -0.4 is 0 Å². The van der Waals surface area contributed by atoms with Crippen molar-refractivity contribution < 1.29 is 9.22 Å². The zero-order chi connectivity index (χ0) is 9.45. The molecule has 2 nitrogen and oxygen atoms in total. The lowest BCUT2D eigenvalue weighted by Crippen LogP contribution is -2.41. The van der Waals surface area contributed by atoms with Crippen LogP contribution in [0.2, 0.25) is 0 Å². The molecule has 0 heterocycles. The topological polar surface area (TPSA) is 9.23 Å². The van der Waals surface area contributed by atoms with E-state index < -0.39 is 0 Å². The van der Waals surface area contributed by atoms with Crippen molar-refractivity contribution >= 4 is 0 Å². The van der Waals surface area contributed by atoms with Crippen LogP contribution in [0, 0.1) is 0 Å². The number of nitrogens with zero attached hydrogens (tertiary/aromatic N) is 1. The fourth-order valence-electron chi connectivity index (χ4n) is 0.960. The summed E-state index contributed by atoms with van der Waals surface area (Å²) >= 11 is 0. The van der Waals surface area contributed by atoms with Gasteiger partial charge in [-0.3, -0.25) is 0 Å². The van der Waals surface area contributed by atoms with Crippen molar-refractivity contribution in [2.45, 2.75) is 19.8 Å². The van der Waals surface area contributed by atoms with Gasteiger partial charge in [0.05, 0.1) is 27.2 Å². The maximum atomic E-state index is 5.52. The molecule has 0 aliphatic heterocycles. The van der Waals surface area contributed by atoms with Gasteiger partial charge in [-0.2, -0.15) is 0 Å². The summed E-state index contributed by atoms with van der Waals surface area (Å²) in [7, 11) is 4.29. The lowest BCUT2D eigenvalue weighted by Gasteiger charge is -2.27. The van der Waals surface area contributed by atoms with Crippen LogP contribution in [0.5, 0.6) is 0 Å². The van der Waals surface area contributed by atoms with Gasteiger partial charge in [0.2, 0.25) is 0 Å². The normalized spacial score (nSPS) is 11.6. The average Bonchev–Trinajstić information content (AvgIpc) is 1.98. The van der Waals surface area contributed by atoms with Gasteiger partial charge in [-0.15, -0.1) is 0 Å². The van der Waals surface area contributed by atoms with E-state index in [2.05, 4.69) is 27.6 Å². The van der Waals surface area contributed by atoms with Crippen LogP contribution in [0.3, 0.4) is 0 Å². The number of likely N-dealkylation sites (N-methyl/N-ethyl adjacent to an activating group) is 1. The molecule has 0 saturated carbocycles. The maximum absolute atomic E-state index is 5.52. The number of hydrogen-bond donors (Lipinski definition) is 0. The Labute approximate surface area is 76.4 Å². The quantitative estimate of drug-likeness (QED) is 0.247. The Balaban J connectivity index is 3.39. The lowest BCUT2D eigenvalue weighted by atomic mass is 10.4. The minimum Gasteiger partial charge on any atom is -0.332 e. The highest BCUT2D eigenvalue weighted by Gasteiger charge is 2.11. The standard InChI is InChI=1S/C10H22NO/c1-5-7-9-12-10-11(3,4)8-6-2/h6H,2,5,7-10H2,1,3-4H3/q+1. The summed E-state index contributed by atoms with van der Waals surface area (Å²) in [4.78, 5) is 0. The van der Waals surface area contributed by atoms with Gasteiger partial charge in [-0.05, 0) is 12.5 Å². The summed E-state index contributed by atoms with van der Waals surface area (Å²) in [6.45, 7) is 8.53. The van der Waals surface area contributed by atoms with Crippen LogP contribution in [-0.2, 0) is 4.74 Å². The molecule has 0 radical (unpaired) electrons. The fraction of sp³-hybridized carbons (Fsp3) is 0.800. The first-order valence-electron chi connectivity index (χ1n) is 4.63. The molecule has 0 aromatic heterocycles. The van der Waals surface area contributed by atoms with E-state index in [4.69, 9.17) is 4.74 Å². The second-order valence-electron chi connectivity index (χ2n) is 3.80. The van der Waals surface area contributed by atoms with E-state index in [1.54, 1.807) is 0 Å². The van der Waals surface area contributed by atoms with E-state index in [9.17, 15) is 0 Å². The van der Waals surface area contributed by atoms with Crippen molar-refractivity contribution in [1.82, 2.24) is 0 Å². The highest BCUT2D eigenvalue weighted by Crippen LogP contribution is 1.98. The first kappa shape index (κ1) is 11.7. The Morgan fingerprint density at radius 2 is 2.08 bits per heavy atom. The molecule has 0 rings (SSSR count). The van der Waals surface area contributed by atoms with Gasteiger partial charge in [0.1, 0.15) is 0 Å². The summed E-state index contributed by atoms with van der Waals surface area (Å²) in [6.07, 6.45) is 4.30. The van der Waals surface area contributed by atoms with Gasteiger partial charge in [-0.25, -0.2) is 0 Å². The molecular weight excluding hydrogens is 150 g/mol. The maximum Gasteiger partial charge on any atom is 0.182 e. The SMILES string of the molecule is C=CC[N+](C)(C)COCCCC. The molecule has 0 bridgehead atoms. The molecule has 0 saturated heterocycles. The largest absolute Gasteiger partial charge is 0.332 e. The Morgan fingerprint density at radius 1 is 1.42 bits per heavy atom. The average molecular weight is 172 g/mol. The number of quaternary nitrogens is 1. The first-order valence-corrected chi connectivity index (χ1v) is 4.63. The third-order valence-electron chi connectivity index (χ3n) is 1.71. The molecule has 0 atom stereocenters. The van der Waals surface area contributed by atoms with Gasteiger partial charge in [0.25, 0.3) is 0 Å². The highest BCUT2D eigenvalue weighted by atomic mass is 16.5. The molecule has 12 heavy (non-hydrogen) atoms. The monoisotopic (exact) mass is 172 g/mol. The molecule has 72 valence electrons. The predicted molar refractivity (Wildman–Crippen MR) is 52.9 cm³/mol. The highest BCUT2D eigenvalue weighted by molar-refractivity contribution is 4.63. The van der Waals surface area contributed by atoms with Crippen LogP contribution in [-0.4, -0.2) is 38.5 Å². The Bertz CT molecular complexity index is 121. The zero-order valence-corrected chi connectivity index (χ0v) is 8.68. The Kier molecular flexibility index (Phi) is 6.03. The first-order chi connectivity index (χ1) is 5.62. The molecule has 2 heteroatoms. The summed E-state index contributed by atoms with van der Waals surface area (Å²) < 4.78 is 6.38. The Morgan fingerprint density at radius 3 is 2.58 bits per heavy atom. The smallest absolute Gasteiger partial charge is 0.182 e. The van der Waals surface area contributed by atoms with Crippen LogP contribution in [0.4, 0.5) is 0 Å². The van der Waals surface area contributed by atoms with Crippen LogP contribution in [0.15, 0.2) is 12.7 Å². The van der Waals surface area contributed by atoms with Gasteiger partial charge in [0.15, 0.2) is 6.73 Å². The van der Waals surface area contributed by atoms with Crippen molar-refractivity contribution in [2.75, 3.05) is 34.0 Å². The third-order valence-corrected chi connectivity index (χ3v) is 1.71. The van der Waals surface area contributed by atoms with E-state index in [0.29, 0.717) is 0 Å². The molecule has 0 N–H and O–H groups in total. The van der Waals surface area contributed by atoms with E-state index in [0.717, 1.165) is 30.8 Å². The zero-order valence-electron chi connectivity index (χ0n) is 8.68. The molecule has 0 amide bonds. The van der Waals surface area contributed by atoms with Crippen molar-refractivity contribution in [2.24, 2.45) is 0 Å². The van der Waals surface area contributed by atoms with Crippen LogP contribution in [0.25, 0.3) is 0 Å². The predicted octanol–water partition coefficient (Wildman–Crippen LogP) is 2.02. The van der Waals surface area contributed by atoms with Gasteiger partial charge < -0.3 is 9.22 Å². The second kappa shape index (κ2) is 6.21. The molecule has 0 fully saturated rings. The fourth-order valence-corrected chi connectivity index (χ4v) is 0.960. The molecule has 0 unspecified atom stereocenters. The van der Waals surface area contributed by atoms with Crippen molar-refractivity contribution in [3.05, 3.63) is 12.7 Å². The summed E-state index contributed by atoms with van der Waals surface area (Å²) in [5.74, 6) is 0. The summed E-state index contributed by atoms with van der Waals surface area (Å²) in [6, 6.07) is 0. The lowest BCUT2D eigenvalue weighted by molar-refractivity contribution is -0.904. The van der Waals surface area contributed by atoms with Gasteiger partial charge >= 0.3 is 0 Å². The van der Waals surface area contributed by atoms with Crippen molar-refractivity contribution in [1.29, 1.82) is 0 Å². The van der Waals surface area contributed by atoms with Gasteiger partial charge in [-0.1, -0.05) is 19.9 Å². The van der Waals surface area contributed by atoms with E-state index in [-0.39, 0.29) is 0 Å².